The van der Waals surface area contributed by atoms with Crippen molar-refractivity contribution in [2.24, 2.45) is 5.92 Å². The molecule has 2 N–H and O–H groups in total. The molecule has 7 heteroatoms. The first kappa shape index (κ1) is 17.4. The van der Waals surface area contributed by atoms with Crippen LogP contribution in [0.3, 0.4) is 0 Å². The summed E-state index contributed by atoms with van der Waals surface area (Å²) in [5, 5.41) is 3.27. The zero-order valence-corrected chi connectivity index (χ0v) is 15.2. The average Bonchev–Trinajstić information content (AvgIpc) is 2.84. The third-order valence-electron chi connectivity index (χ3n) is 5.01. The van der Waals surface area contributed by atoms with Crippen molar-refractivity contribution in [2.75, 3.05) is 18.0 Å². The molecule has 3 atom stereocenters. The van der Waals surface area contributed by atoms with E-state index in [4.69, 9.17) is 0 Å². The van der Waals surface area contributed by atoms with Crippen molar-refractivity contribution in [1.29, 1.82) is 0 Å². The Hall–Kier alpha value is -1.44. The first-order chi connectivity index (χ1) is 11.3. The highest BCUT2D eigenvalue weighted by Crippen LogP contribution is 2.34. The van der Waals surface area contributed by atoms with Crippen molar-refractivity contribution in [3.63, 3.8) is 0 Å². The fourth-order valence-electron chi connectivity index (χ4n) is 3.71. The van der Waals surface area contributed by atoms with Crippen molar-refractivity contribution in [3.8, 4) is 0 Å². The lowest BCUT2D eigenvalue weighted by molar-refractivity contribution is -0.116. The van der Waals surface area contributed by atoms with E-state index >= 15 is 0 Å². The number of fused-ring (bicyclic) bond motifs is 1. The third kappa shape index (κ3) is 3.20. The zero-order chi connectivity index (χ0) is 17.5. The van der Waals surface area contributed by atoms with Crippen LogP contribution in [-0.4, -0.2) is 39.5 Å². The van der Waals surface area contributed by atoms with Gasteiger partial charge >= 0.3 is 0 Å². The first-order valence-electron chi connectivity index (χ1n) is 8.45. The van der Waals surface area contributed by atoms with Crippen molar-refractivity contribution >= 4 is 21.6 Å². The summed E-state index contributed by atoms with van der Waals surface area (Å²) < 4.78 is 28.3. The topological polar surface area (TPSA) is 78.5 Å². The van der Waals surface area contributed by atoms with Crippen LogP contribution in [0, 0.1) is 5.92 Å². The summed E-state index contributed by atoms with van der Waals surface area (Å²) in [5.74, 6) is 0.245. The Morgan fingerprint density at radius 2 is 2.08 bits per heavy atom. The van der Waals surface area contributed by atoms with Gasteiger partial charge in [0.05, 0.1) is 4.90 Å². The smallest absolute Gasteiger partial charge is 0.240 e. The molecule has 1 saturated heterocycles. The number of rotatable bonds is 3. The summed E-state index contributed by atoms with van der Waals surface area (Å²) in [6.45, 7) is 7.21. The summed E-state index contributed by atoms with van der Waals surface area (Å²) in [4.78, 5) is 13.8. The molecular weight excluding hydrogens is 326 g/mol. The van der Waals surface area contributed by atoms with E-state index in [1.54, 1.807) is 23.1 Å². The molecule has 132 valence electrons. The maximum absolute atomic E-state index is 12.7. The van der Waals surface area contributed by atoms with Crippen LogP contribution in [0.4, 0.5) is 5.69 Å². The summed E-state index contributed by atoms with van der Waals surface area (Å²) in [5.41, 5.74) is 1.74. The molecule has 3 unspecified atom stereocenters. The number of piperidine rings is 1. The van der Waals surface area contributed by atoms with E-state index in [2.05, 4.69) is 17.0 Å². The highest BCUT2D eigenvalue weighted by molar-refractivity contribution is 7.89. The van der Waals surface area contributed by atoms with E-state index in [0.29, 0.717) is 6.42 Å². The molecule has 1 amide bonds. The number of sulfonamides is 1. The molecule has 1 fully saturated rings. The number of carbonyl (C=O) groups is 1. The van der Waals surface area contributed by atoms with Crippen molar-refractivity contribution < 1.29 is 13.2 Å². The lowest BCUT2D eigenvalue weighted by atomic mass is 9.97. The second-order valence-corrected chi connectivity index (χ2v) is 8.64. The van der Waals surface area contributed by atoms with Crippen LogP contribution in [0.5, 0.6) is 0 Å². The molecule has 3 rings (SSSR count). The molecule has 2 aliphatic heterocycles. The Morgan fingerprint density at radius 1 is 1.33 bits per heavy atom. The maximum atomic E-state index is 12.7. The van der Waals surface area contributed by atoms with Crippen LogP contribution < -0.4 is 14.9 Å². The van der Waals surface area contributed by atoms with E-state index in [9.17, 15) is 13.2 Å². The summed E-state index contributed by atoms with van der Waals surface area (Å²) in [6, 6.07) is 5.08. The lowest BCUT2D eigenvalue weighted by Crippen LogP contribution is -2.48. The van der Waals surface area contributed by atoms with Gasteiger partial charge in [0.1, 0.15) is 0 Å². The molecular formula is C17H25N3O3S. The highest BCUT2D eigenvalue weighted by Gasteiger charge is 2.31. The quantitative estimate of drug-likeness (QED) is 0.859. The Labute approximate surface area is 143 Å². The van der Waals surface area contributed by atoms with Gasteiger partial charge in [0.25, 0.3) is 0 Å². The molecule has 6 nitrogen and oxygen atoms in total. The second-order valence-electron chi connectivity index (χ2n) is 6.93. The van der Waals surface area contributed by atoms with Gasteiger partial charge in [0.15, 0.2) is 0 Å². The van der Waals surface area contributed by atoms with E-state index in [0.717, 1.165) is 30.8 Å². The van der Waals surface area contributed by atoms with Gasteiger partial charge in [-0.3, -0.25) is 4.79 Å². The fourth-order valence-corrected chi connectivity index (χ4v) is 5.14. The summed E-state index contributed by atoms with van der Waals surface area (Å²) >= 11 is 0. The molecule has 0 bridgehead atoms. The molecule has 0 aromatic heterocycles. The Morgan fingerprint density at radius 3 is 2.75 bits per heavy atom. The van der Waals surface area contributed by atoms with Crippen LogP contribution in [0.2, 0.25) is 0 Å². The number of hydrogen-bond acceptors (Lipinski definition) is 4. The van der Waals surface area contributed by atoms with Gasteiger partial charge in [-0.1, -0.05) is 6.92 Å². The largest absolute Gasteiger partial charge is 0.316 e. The van der Waals surface area contributed by atoms with Gasteiger partial charge < -0.3 is 10.2 Å². The molecule has 1 aromatic carbocycles. The van der Waals surface area contributed by atoms with Gasteiger partial charge in [0, 0.05) is 24.7 Å². The van der Waals surface area contributed by atoms with Crippen LogP contribution in [0.1, 0.15) is 32.8 Å². The lowest BCUT2D eigenvalue weighted by Gasteiger charge is -2.30. The molecule has 1 aromatic rings. The fraction of sp³-hybridized carbons (Fsp3) is 0.588. The van der Waals surface area contributed by atoms with Crippen LogP contribution in [0.25, 0.3) is 0 Å². The van der Waals surface area contributed by atoms with Gasteiger partial charge in [-0.15, -0.1) is 0 Å². The van der Waals surface area contributed by atoms with Crippen LogP contribution in [0.15, 0.2) is 23.1 Å². The van der Waals surface area contributed by atoms with E-state index in [1.165, 1.54) is 6.92 Å². The Kier molecular flexibility index (Phi) is 4.68. The predicted molar refractivity (Wildman–Crippen MR) is 93.5 cm³/mol. The van der Waals surface area contributed by atoms with Gasteiger partial charge in [-0.25, -0.2) is 13.1 Å². The molecule has 0 radical (unpaired) electrons. The molecule has 2 aliphatic rings. The zero-order valence-electron chi connectivity index (χ0n) is 14.4. The first-order valence-corrected chi connectivity index (χ1v) is 9.93. The molecule has 2 heterocycles. The number of anilines is 1. The molecule has 24 heavy (non-hydrogen) atoms. The monoisotopic (exact) mass is 351 g/mol. The van der Waals surface area contributed by atoms with E-state index in [-0.39, 0.29) is 28.8 Å². The minimum Gasteiger partial charge on any atom is -0.316 e. The Balaban J connectivity index is 1.85. The summed E-state index contributed by atoms with van der Waals surface area (Å²) in [7, 11) is -3.55. The number of nitrogens with zero attached hydrogens (tertiary/aromatic N) is 1. The summed E-state index contributed by atoms with van der Waals surface area (Å²) in [6.07, 6.45) is 1.47. The van der Waals surface area contributed by atoms with Gasteiger partial charge in [-0.05, 0) is 62.5 Å². The number of nitrogens with one attached hydrogen (secondary N) is 2. The average molecular weight is 351 g/mol. The van der Waals surface area contributed by atoms with Crippen LogP contribution >= 0.6 is 0 Å². The molecule has 0 spiro atoms. The number of benzene rings is 1. The third-order valence-corrected chi connectivity index (χ3v) is 6.50. The van der Waals surface area contributed by atoms with Gasteiger partial charge in [-0.2, -0.15) is 0 Å². The second kappa shape index (κ2) is 6.46. The normalized spacial score (nSPS) is 27.1. The van der Waals surface area contributed by atoms with Crippen LogP contribution in [-0.2, 0) is 21.2 Å². The minimum absolute atomic E-state index is 0.0153. The predicted octanol–water partition coefficient (Wildman–Crippen LogP) is 1.26. The van der Waals surface area contributed by atoms with Crippen molar-refractivity contribution in [3.05, 3.63) is 23.8 Å². The standard InChI is InChI=1S/C17H25N3O3S/c1-11-10-18-7-6-16(11)19-24(22,23)15-4-5-17-14(9-15)8-12(2)20(17)13(3)21/h4-5,9,11-12,16,18-19H,6-8,10H2,1-3H3. The van der Waals surface area contributed by atoms with Gasteiger partial charge in [0.2, 0.25) is 15.9 Å². The number of carbonyl (C=O) groups excluding carboxylic acids is 1. The highest BCUT2D eigenvalue weighted by atomic mass is 32.2. The van der Waals surface area contributed by atoms with Crippen molar-refractivity contribution in [1.82, 2.24) is 10.0 Å². The maximum Gasteiger partial charge on any atom is 0.240 e. The van der Waals surface area contributed by atoms with Crippen molar-refractivity contribution in [2.45, 2.75) is 50.6 Å². The molecule has 0 saturated carbocycles. The Bertz CT molecular complexity index is 747. The SMILES string of the molecule is CC(=O)N1c2ccc(S(=O)(=O)NC3CCNCC3C)cc2CC1C. The minimum atomic E-state index is -3.55. The molecule has 0 aliphatic carbocycles. The number of hydrogen-bond donors (Lipinski definition) is 2. The van der Waals surface area contributed by atoms with E-state index < -0.39 is 10.0 Å². The van der Waals surface area contributed by atoms with E-state index in [1.807, 2.05) is 6.92 Å². The number of amides is 1.